The topological polar surface area (TPSA) is 56.5 Å². The van der Waals surface area contributed by atoms with Gasteiger partial charge in [-0.25, -0.2) is 15.0 Å². The smallest absolute Gasteiger partial charge is 0.138 e. The Morgan fingerprint density at radius 1 is 0.372 bits per heavy atom. The number of nitrogens with zero attached hydrogens (tertiary/aromatic N) is 5. The first-order valence-corrected chi connectivity index (χ1v) is 14.2. The summed E-state index contributed by atoms with van der Waals surface area (Å²) in [6.07, 6.45) is 3.74. The van der Waals surface area contributed by atoms with Crippen LogP contribution in [0, 0.1) is 0 Å². The normalized spacial score (nSPS) is 11.3. The van der Waals surface area contributed by atoms with Crippen molar-refractivity contribution >= 4 is 21.8 Å². The van der Waals surface area contributed by atoms with Gasteiger partial charge in [-0.1, -0.05) is 91.0 Å². The lowest BCUT2D eigenvalue weighted by Gasteiger charge is -2.10. The molecule has 43 heavy (non-hydrogen) atoms. The molecule has 0 aliphatic heterocycles. The van der Waals surface area contributed by atoms with Crippen molar-refractivity contribution in [3.8, 4) is 51.0 Å². The molecule has 5 heteroatoms. The third-order valence-corrected chi connectivity index (χ3v) is 7.75. The Kier molecular flexibility index (Phi) is 6.05. The maximum absolute atomic E-state index is 5.08. The highest BCUT2D eigenvalue weighted by Gasteiger charge is 2.14. The van der Waals surface area contributed by atoms with Crippen molar-refractivity contribution in [2.75, 3.05) is 0 Å². The number of pyridine rings is 4. The molecule has 0 saturated carbocycles. The molecular weight excluding hydrogens is 526 g/mol. The summed E-state index contributed by atoms with van der Waals surface area (Å²) in [4.78, 5) is 19.4. The Hall–Kier alpha value is -5.94. The molecule has 0 spiro atoms. The van der Waals surface area contributed by atoms with Crippen LogP contribution in [0.25, 0.3) is 72.8 Å². The summed E-state index contributed by atoms with van der Waals surface area (Å²) < 4.78 is 2.19. The zero-order valence-corrected chi connectivity index (χ0v) is 23.2. The molecule has 8 aromatic rings. The van der Waals surface area contributed by atoms with Crippen molar-refractivity contribution in [2.24, 2.45) is 0 Å². The Labute approximate surface area is 248 Å². The van der Waals surface area contributed by atoms with E-state index in [9.17, 15) is 0 Å². The summed E-state index contributed by atoms with van der Waals surface area (Å²) in [5, 5.41) is 2.25. The second-order valence-electron chi connectivity index (χ2n) is 10.4. The van der Waals surface area contributed by atoms with Crippen molar-refractivity contribution in [1.29, 1.82) is 0 Å². The van der Waals surface area contributed by atoms with Gasteiger partial charge in [0.1, 0.15) is 5.82 Å². The molecule has 5 nitrogen and oxygen atoms in total. The van der Waals surface area contributed by atoms with E-state index < -0.39 is 0 Å². The Balaban J connectivity index is 1.14. The second kappa shape index (κ2) is 10.5. The van der Waals surface area contributed by atoms with Gasteiger partial charge in [0.25, 0.3) is 0 Å². The van der Waals surface area contributed by atoms with Gasteiger partial charge < -0.3 is 0 Å². The van der Waals surface area contributed by atoms with Gasteiger partial charge in [-0.15, -0.1) is 0 Å². The number of aromatic nitrogens is 5. The zero-order chi connectivity index (χ0) is 28.6. The molecule has 0 unspecified atom stereocenters. The number of hydrogen-bond acceptors (Lipinski definition) is 4. The van der Waals surface area contributed by atoms with Gasteiger partial charge >= 0.3 is 0 Å². The van der Waals surface area contributed by atoms with E-state index in [1.165, 1.54) is 11.1 Å². The van der Waals surface area contributed by atoms with E-state index in [0.29, 0.717) is 0 Å². The summed E-state index contributed by atoms with van der Waals surface area (Å²) in [6.45, 7) is 0. The highest BCUT2D eigenvalue weighted by molar-refractivity contribution is 6.08. The monoisotopic (exact) mass is 551 g/mol. The van der Waals surface area contributed by atoms with E-state index in [-0.39, 0.29) is 0 Å². The van der Waals surface area contributed by atoms with Crippen molar-refractivity contribution in [3.05, 3.63) is 152 Å². The van der Waals surface area contributed by atoms with Crippen LogP contribution >= 0.6 is 0 Å². The van der Waals surface area contributed by atoms with Crippen LogP contribution in [0.2, 0.25) is 0 Å². The average molecular weight is 552 g/mol. The summed E-state index contributed by atoms with van der Waals surface area (Å²) in [5.74, 6) is 0.834. The first kappa shape index (κ1) is 24.8. The maximum atomic E-state index is 5.08. The second-order valence-corrected chi connectivity index (χ2v) is 10.4. The van der Waals surface area contributed by atoms with Gasteiger partial charge in [0, 0.05) is 28.7 Å². The lowest BCUT2D eigenvalue weighted by Crippen LogP contribution is -1.99. The van der Waals surface area contributed by atoms with Crippen LogP contribution in [0.4, 0.5) is 0 Å². The predicted molar refractivity (Wildman–Crippen MR) is 174 cm³/mol. The largest absolute Gasteiger partial charge is 0.294 e. The predicted octanol–water partition coefficient (Wildman–Crippen LogP) is 9.03. The number of para-hydroxylation sites is 1. The molecule has 0 bridgehead atoms. The summed E-state index contributed by atoms with van der Waals surface area (Å²) in [6, 6.07) is 47.5. The minimum atomic E-state index is 0.793. The molecule has 0 fully saturated rings. The molecule has 0 N–H and O–H groups in total. The van der Waals surface area contributed by atoms with E-state index in [4.69, 9.17) is 15.0 Å². The van der Waals surface area contributed by atoms with Gasteiger partial charge in [0.2, 0.25) is 0 Å². The van der Waals surface area contributed by atoms with E-state index in [1.807, 2.05) is 79.1 Å². The molecule has 0 amide bonds. The van der Waals surface area contributed by atoms with Crippen molar-refractivity contribution in [3.63, 3.8) is 0 Å². The lowest BCUT2D eigenvalue weighted by atomic mass is 10.0. The molecule has 202 valence electrons. The molecular formula is C38H25N5. The van der Waals surface area contributed by atoms with E-state index in [0.717, 1.165) is 61.7 Å². The molecule has 0 atom stereocenters. The van der Waals surface area contributed by atoms with Crippen molar-refractivity contribution in [2.45, 2.75) is 0 Å². The van der Waals surface area contributed by atoms with Crippen LogP contribution in [0.15, 0.2) is 152 Å². The van der Waals surface area contributed by atoms with Gasteiger partial charge in [0.05, 0.1) is 39.5 Å². The molecule has 8 rings (SSSR count). The molecule has 5 heterocycles. The van der Waals surface area contributed by atoms with E-state index >= 15 is 0 Å². The van der Waals surface area contributed by atoms with E-state index in [2.05, 4.69) is 82.3 Å². The van der Waals surface area contributed by atoms with Crippen LogP contribution < -0.4 is 0 Å². The molecule has 0 saturated heterocycles. The van der Waals surface area contributed by atoms with Crippen LogP contribution in [0.1, 0.15) is 0 Å². The quantitative estimate of drug-likeness (QED) is 0.214. The number of hydrogen-bond donors (Lipinski definition) is 0. The minimum Gasteiger partial charge on any atom is -0.294 e. The SMILES string of the molecule is c1ccc(-c2ccc(-c3cccc(-c4cccc(-c5cccc(-n6c7ccccc7c7cnccc76)n5)n4)n3)cc2)cc1. The fourth-order valence-electron chi connectivity index (χ4n) is 5.68. The van der Waals surface area contributed by atoms with Crippen molar-refractivity contribution in [1.82, 2.24) is 24.5 Å². The fraction of sp³-hybridized carbons (Fsp3) is 0. The minimum absolute atomic E-state index is 0.793. The fourth-order valence-corrected chi connectivity index (χ4v) is 5.68. The summed E-state index contributed by atoms with van der Waals surface area (Å²) >= 11 is 0. The molecule has 0 aliphatic carbocycles. The van der Waals surface area contributed by atoms with E-state index in [1.54, 1.807) is 0 Å². The Morgan fingerprint density at radius 3 is 1.70 bits per heavy atom. The molecule has 0 aliphatic rings. The van der Waals surface area contributed by atoms with Crippen LogP contribution in [-0.2, 0) is 0 Å². The molecule has 0 radical (unpaired) electrons. The highest BCUT2D eigenvalue weighted by atomic mass is 15.1. The van der Waals surface area contributed by atoms with Crippen LogP contribution in [0.5, 0.6) is 0 Å². The molecule has 5 aromatic heterocycles. The number of benzene rings is 3. The average Bonchev–Trinajstić information content (AvgIpc) is 3.43. The summed E-state index contributed by atoms with van der Waals surface area (Å²) in [5.41, 5.74) is 9.72. The first-order chi connectivity index (χ1) is 21.3. The first-order valence-electron chi connectivity index (χ1n) is 14.2. The van der Waals surface area contributed by atoms with Gasteiger partial charge in [0.15, 0.2) is 0 Å². The number of fused-ring (bicyclic) bond motifs is 3. The highest BCUT2D eigenvalue weighted by Crippen LogP contribution is 2.32. The van der Waals surface area contributed by atoms with Crippen LogP contribution in [0.3, 0.4) is 0 Å². The Bertz CT molecular complexity index is 2180. The zero-order valence-electron chi connectivity index (χ0n) is 23.2. The number of rotatable bonds is 5. The maximum Gasteiger partial charge on any atom is 0.138 e. The Morgan fingerprint density at radius 2 is 0.930 bits per heavy atom. The summed E-state index contributed by atoms with van der Waals surface area (Å²) in [7, 11) is 0. The van der Waals surface area contributed by atoms with Gasteiger partial charge in [-0.05, 0) is 59.7 Å². The van der Waals surface area contributed by atoms with Gasteiger partial charge in [-0.3, -0.25) is 9.55 Å². The lowest BCUT2D eigenvalue weighted by molar-refractivity contribution is 1.07. The van der Waals surface area contributed by atoms with Crippen LogP contribution in [-0.4, -0.2) is 24.5 Å². The standard InChI is InChI=1S/C38H25N5/c1-2-9-26(10-3-1)27-19-21-28(22-20-27)31-12-6-13-32(40-31)33-14-7-15-34(41-33)35-16-8-18-38(42-35)43-36-17-5-4-11-29(36)30-25-39-24-23-37(30)43/h1-25H. The van der Waals surface area contributed by atoms with Gasteiger partial charge in [-0.2, -0.15) is 0 Å². The molecule has 3 aromatic carbocycles. The third kappa shape index (κ3) is 4.53. The van der Waals surface area contributed by atoms with Crippen molar-refractivity contribution < 1.29 is 0 Å². The third-order valence-electron chi connectivity index (χ3n) is 7.75.